The number of unbranched alkanes of at least 4 members (excludes halogenated alkanes) is 2. The smallest absolute Gasteiger partial charge is 0.222 e. The molecule has 3 heteroatoms. The predicted octanol–water partition coefficient (Wildman–Crippen LogP) is 1.41. The Kier molecular flexibility index (Phi) is 4.94. The van der Waals surface area contributed by atoms with Crippen molar-refractivity contribution in [2.45, 2.75) is 39.0 Å². The van der Waals surface area contributed by atoms with Crippen molar-refractivity contribution in [3.63, 3.8) is 0 Å². The Morgan fingerprint density at radius 2 is 2.29 bits per heavy atom. The molecule has 1 rings (SSSR count). The fraction of sp³-hybridized carbons (Fsp3) is 0.909. The third-order valence-corrected chi connectivity index (χ3v) is 2.89. The number of hydrogen-bond acceptors (Lipinski definition) is 2. The molecule has 1 aliphatic heterocycles. The van der Waals surface area contributed by atoms with E-state index in [2.05, 4.69) is 6.92 Å². The second kappa shape index (κ2) is 6.02. The number of carbonyl (C=O) groups is 1. The quantitative estimate of drug-likeness (QED) is 0.680. The Bertz CT molecular complexity index is 182. The Morgan fingerprint density at radius 1 is 1.50 bits per heavy atom. The number of hydrogen-bond donors (Lipinski definition) is 1. The summed E-state index contributed by atoms with van der Waals surface area (Å²) in [5.41, 5.74) is 0. The van der Waals surface area contributed by atoms with E-state index < -0.39 is 0 Å². The predicted molar refractivity (Wildman–Crippen MR) is 55.9 cm³/mol. The van der Waals surface area contributed by atoms with E-state index in [0.29, 0.717) is 12.3 Å². The molecular formula is C11H21NO2. The summed E-state index contributed by atoms with van der Waals surface area (Å²) >= 11 is 0. The number of aliphatic hydroxyl groups excluding tert-OH is 1. The van der Waals surface area contributed by atoms with Gasteiger partial charge in [0.05, 0.1) is 0 Å². The minimum absolute atomic E-state index is 0.221. The van der Waals surface area contributed by atoms with Gasteiger partial charge < -0.3 is 10.0 Å². The van der Waals surface area contributed by atoms with E-state index in [1.54, 1.807) is 0 Å². The summed E-state index contributed by atoms with van der Waals surface area (Å²) in [5.74, 6) is 0.597. The summed E-state index contributed by atoms with van der Waals surface area (Å²) in [5, 5.41) is 8.94. The highest BCUT2D eigenvalue weighted by molar-refractivity contribution is 5.76. The third kappa shape index (κ3) is 3.29. The van der Waals surface area contributed by atoms with Crippen molar-refractivity contribution >= 4 is 5.91 Å². The average Bonchev–Trinajstić information content (AvgIpc) is 2.66. The first-order valence-electron chi connectivity index (χ1n) is 5.66. The number of nitrogens with zero attached hydrogens (tertiary/aromatic N) is 1. The van der Waals surface area contributed by atoms with Crippen LogP contribution in [-0.2, 0) is 4.79 Å². The van der Waals surface area contributed by atoms with Crippen molar-refractivity contribution in [1.29, 1.82) is 0 Å². The molecule has 3 nitrogen and oxygen atoms in total. The Morgan fingerprint density at radius 3 is 2.86 bits per heavy atom. The lowest BCUT2D eigenvalue weighted by atomic mass is 10.1. The lowest BCUT2D eigenvalue weighted by Crippen LogP contribution is -2.28. The maximum Gasteiger partial charge on any atom is 0.222 e. The minimum atomic E-state index is 0.221. The van der Waals surface area contributed by atoms with Gasteiger partial charge in [0, 0.05) is 32.0 Å². The molecule has 0 saturated carbocycles. The Hall–Kier alpha value is -0.570. The first kappa shape index (κ1) is 11.5. The van der Waals surface area contributed by atoms with Gasteiger partial charge in [-0.25, -0.2) is 0 Å². The molecule has 0 aromatic rings. The molecular weight excluding hydrogens is 178 g/mol. The van der Waals surface area contributed by atoms with Crippen molar-refractivity contribution in [1.82, 2.24) is 4.90 Å². The average molecular weight is 199 g/mol. The standard InChI is InChI=1S/C11H21NO2/c1-2-3-4-5-11(14)12-7-6-10(8-12)9-13/h10,13H,2-9H2,1H3. The van der Waals surface area contributed by atoms with Gasteiger partial charge >= 0.3 is 0 Å². The molecule has 0 spiro atoms. The van der Waals surface area contributed by atoms with Crippen LogP contribution < -0.4 is 0 Å². The zero-order chi connectivity index (χ0) is 10.4. The highest BCUT2D eigenvalue weighted by Gasteiger charge is 2.24. The monoisotopic (exact) mass is 199 g/mol. The van der Waals surface area contributed by atoms with Crippen LogP contribution in [0.4, 0.5) is 0 Å². The van der Waals surface area contributed by atoms with Gasteiger partial charge in [-0.15, -0.1) is 0 Å². The largest absolute Gasteiger partial charge is 0.396 e. The van der Waals surface area contributed by atoms with Crippen molar-refractivity contribution in [3.05, 3.63) is 0 Å². The van der Waals surface area contributed by atoms with Gasteiger partial charge in [0.15, 0.2) is 0 Å². The molecule has 1 atom stereocenters. The molecule has 0 aliphatic carbocycles. The fourth-order valence-electron chi connectivity index (χ4n) is 1.89. The van der Waals surface area contributed by atoms with Crippen molar-refractivity contribution < 1.29 is 9.90 Å². The van der Waals surface area contributed by atoms with Crippen LogP contribution in [0.15, 0.2) is 0 Å². The molecule has 0 aromatic carbocycles. The summed E-state index contributed by atoms with van der Waals surface area (Å²) in [4.78, 5) is 13.5. The molecule has 1 unspecified atom stereocenters. The van der Waals surface area contributed by atoms with Crippen molar-refractivity contribution in [2.75, 3.05) is 19.7 Å². The topological polar surface area (TPSA) is 40.5 Å². The van der Waals surface area contributed by atoms with Crippen LogP contribution in [0.25, 0.3) is 0 Å². The van der Waals surface area contributed by atoms with Crippen molar-refractivity contribution in [3.8, 4) is 0 Å². The van der Waals surface area contributed by atoms with Gasteiger partial charge in [-0.1, -0.05) is 19.8 Å². The summed E-state index contributed by atoms with van der Waals surface area (Å²) < 4.78 is 0. The van der Waals surface area contributed by atoms with Gasteiger partial charge in [-0.2, -0.15) is 0 Å². The molecule has 1 fully saturated rings. The van der Waals surface area contributed by atoms with E-state index in [1.807, 2.05) is 4.90 Å². The maximum atomic E-state index is 11.6. The first-order chi connectivity index (χ1) is 6.77. The van der Waals surface area contributed by atoms with E-state index in [-0.39, 0.29) is 12.5 Å². The number of carbonyl (C=O) groups excluding carboxylic acids is 1. The van der Waals surface area contributed by atoms with Gasteiger partial charge in [0.25, 0.3) is 0 Å². The summed E-state index contributed by atoms with van der Waals surface area (Å²) in [6.45, 7) is 3.97. The number of amides is 1. The molecule has 1 saturated heterocycles. The highest BCUT2D eigenvalue weighted by Crippen LogP contribution is 2.16. The molecule has 82 valence electrons. The molecule has 1 amide bonds. The molecule has 1 aliphatic rings. The van der Waals surface area contributed by atoms with Gasteiger partial charge in [0.1, 0.15) is 0 Å². The summed E-state index contributed by atoms with van der Waals surface area (Å²) in [6, 6.07) is 0. The van der Waals surface area contributed by atoms with E-state index in [0.717, 1.165) is 38.8 Å². The summed E-state index contributed by atoms with van der Waals surface area (Å²) in [7, 11) is 0. The number of aliphatic hydroxyl groups is 1. The normalized spacial score (nSPS) is 21.6. The van der Waals surface area contributed by atoms with Crippen LogP contribution >= 0.6 is 0 Å². The molecule has 14 heavy (non-hydrogen) atoms. The highest BCUT2D eigenvalue weighted by atomic mass is 16.3. The van der Waals surface area contributed by atoms with Crippen LogP contribution in [0.5, 0.6) is 0 Å². The van der Waals surface area contributed by atoms with Gasteiger partial charge in [-0.3, -0.25) is 4.79 Å². The Balaban J connectivity index is 2.18. The molecule has 0 bridgehead atoms. The molecule has 0 radical (unpaired) electrons. The van der Waals surface area contributed by atoms with Crippen LogP contribution in [0, 0.1) is 5.92 Å². The summed E-state index contributed by atoms with van der Waals surface area (Å²) in [6.07, 6.45) is 4.97. The SMILES string of the molecule is CCCCCC(=O)N1CCC(CO)C1. The van der Waals surface area contributed by atoms with Crippen LogP contribution in [-0.4, -0.2) is 35.6 Å². The van der Waals surface area contributed by atoms with Gasteiger partial charge in [0.2, 0.25) is 5.91 Å². The minimum Gasteiger partial charge on any atom is -0.396 e. The zero-order valence-corrected chi connectivity index (χ0v) is 9.04. The second-order valence-corrected chi connectivity index (χ2v) is 4.13. The van der Waals surface area contributed by atoms with Crippen LogP contribution in [0.1, 0.15) is 39.0 Å². The van der Waals surface area contributed by atoms with E-state index in [4.69, 9.17) is 5.11 Å². The maximum absolute atomic E-state index is 11.6. The molecule has 0 aromatic heterocycles. The lowest BCUT2D eigenvalue weighted by molar-refractivity contribution is -0.130. The van der Waals surface area contributed by atoms with E-state index >= 15 is 0 Å². The lowest BCUT2D eigenvalue weighted by Gasteiger charge is -2.15. The molecule has 1 N–H and O–H groups in total. The number of likely N-dealkylation sites (tertiary alicyclic amines) is 1. The fourth-order valence-corrected chi connectivity index (χ4v) is 1.89. The van der Waals surface area contributed by atoms with Crippen LogP contribution in [0.2, 0.25) is 0 Å². The van der Waals surface area contributed by atoms with Crippen LogP contribution in [0.3, 0.4) is 0 Å². The zero-order valence-electron chi connectivity index (χ0n) is 9.04. The first-order valence-corrected chi connectivity index (χ1v) is 5.66. The third-order valence-electron chi connectivity index (χ3n) is 2.89. The van der Waals surface area contributed by atoms with Gasteiger partial charge in [-0.05, 0) is 12.8 Å². The Labute approximate surface area is 86.1 Å². The second-order valence-electron chi connectivity index (χ2n) is 4.13. The van der Waals surface area contributed by atoms with Crippen molar-refractivity contribution in [2.24, 2.45) is 5.92 Å². The van der Waals surface area contributed by atoms with E-state index in [9.17, 15) is 4.79 Å². The number of rotatable bonds is 5. The van der Waals surface area contributed by atoms with E-state index in [1.165, 1.54) is 0 Å². The molecule has 1 heterocycles.